The Labute approximate surface area is 96.3 Å². The predicted molar refractivity (Wildman–Crippen MR) is 63.8 cm³/mol. The minimum atomic E-state index is -0.327. The van der Waals surface area contributed by atoms with Crippen molar-refractivity contribution in [1.82, 2.24) is 10.3 Å². The number of pyridine rings is 1. The van der Waals surface area contributed by atoms with E-state index in [-0.39, 0.29) is 11.4 Å². The van der Waals surface area contributed by atoms with Crippen LogP contribution in [-0.2, 0) is 11.2 Å². The summed E-state index contributed by atoms with van der Waals surface area (Å²) in [5, 5.41) is 2.89. The van der Waals surface area contributed by atoms with Crippen LogP contribution in [0.25, 0.3) is 0 Å². The van der Waals surface area contributed by atoms with E-state index in [2.05, 4.69) is 10.3 Å². The Hall–Kier alpha value is -1.42. The maximum absolute atomic E-state index is 11.6. The van der Waals surface area contributed by atoms with Gasteiger partial charge < -0.3 is 11.1 Å². The molecule has 0 saturated carbocycles. The standard InChI is InChI=1S/C12H19N3O/c1-12(2,9-13)15-11(16)6-5-10-4-3-7-14-8-10/h3-4,7-8H,5-6,9,13H2,1-2H3,(H,15,16). The first-order chi connectivity index (χ1) is 7.53. The van der Waals surface area contributed by atoms with E-state index in [1.54, 1.807) is 12.4 Å². The van der Waals surface area contributed by atoms with Crippen molar-refractivity contribution >= 4 is 5.91 Å². The minimum absolute atomic E-state index is 0.0271. The molecule has 1 aromatic rings. The predicted octanol–water partition coefficient (Wildman–Crippen LogP) is 0.868. The van der Waals surface area contributed by atoms with E-state index in [9.17, 15) is 4.79 Å². The van der Waals surface area contributed by atoms with Crippen LogP contribution in [0.15, 0.2) is 24.5 Å². The highest BCUT2D eigenvalue weighted by molar-refractivity contribution is 5.76. The van der Waals surface area contributed by atoms with Gasteiger partial charge in [-0.1, -0.05) is 6.07 Å². The molecule has 16 heavy (non-hydrogen) atoms. The number of hydrogen-bond acceptors (Lipinski definition) is 3. The number of nitrogens with zero attached hydrogens (tertiary/aromatic N) is 1. The van der Waals surface area contributed by atoms with Crippen LogP contribution in [0, 0.1) is 0 Å². The van der Waals surface area contributed by atoms with E-state index in [0.717, 1.165) is 5.56 Å². The molecule has 0 fully saturated rings. The molecule has 0 radical (unpaired) electrons. The summed E-state index contributed by atoms with van der Waals surface area (Å²) in [5.74, 6) is 0.0271. The van der Waals surface area contributed by atoms with Gasteiger partial charge in [-0.05, 0) is 31.9 Å². The van der Waals surface area contributed by atoms with Crippen LogP contribution in [0.2, 0.25) is 0 Å². The van der Waals surface area contributed by atoms with E-state index in [4.69, 9.17) is 5.73 Å². The first-order valence-electron chi connectivity index (χ1n) is 5.43. The van der Waals surface area contributed by atoms with Gasteiger partial charge in [-0.2, -0.15) is 0 Å². The van der Waals surface area contributed by atoms with Crippen LogP contribution in [0.4, 0.5) is 0 Å². The zero-order valence-electron chi connectivity index (χ0n) is 9.86. The Morgan fingerprint density at radius 3 is 2.88 bits per heavy atom. The Morgan fingerprint density at radius 1 is 1.56 bits per heavy atom. The zero-order chi connectivity index (χ0) is 12.0. The number of rotatable bonds is 5. The smallest absolute Gasteiger partial charge is 0.220 e. The van der Waals surface area contributed by atoms with Crippen molar-refractivity contribution < 1.29 is 4.79 Å². The van der Waals surface area contributed by atoms with Crippen LogP contribution in [0.1, 0.15) is 25.8 Å². The second-order valence-electron chi connectivity index (χ2n) is 4.50. The third-order valence-electron chi connectivity index (χ3n) is 2.35. The van der Waals surface area contributed by atoms with Gasteiger partial charge in [0.1, 0.15) is 0 Å². The SMILES string of the molecule is CC(C)(CN)NC(=O)CCc1cccnc1. The lowest BCUT2D eigenvalue weighted by molar-refractivity contribution is -0.122. The fourth-order valence-electron chi connectivity index (χ4n) is 1.29. The molecule has 3 N–H and O–H groups in total. The zero-order valence-corrected chi connectivity index (χ0v) is 9.86. The van der Waals surface area contributed by atoms with E-state index >= 15 is 0 Å². The van der Waals surface area contributed by atoms with Crippen molar-refractivity contribution in [3.05, 3.63) is 30.1 Å². The molecule has 0 saturated heterocycles. The summed E-state index contributed by atoms with van der Waals surface area (Å²) >= 11 is 0. The van der Waals surface area contributed by atoms with Gasteiger partial charge in [0.15, 0.2) is 0 Å². The van der Waals surface area contributed by atoms with E-state index in [1.165, 1.54) is 0 Å². The second-order valence-corrected chi connectivity index (χ2v) is 4.50. The molecule has 0 bridgehead atoms. The number of aromatic nitrogens is 1. The van der Waals surface area contributed by atoms with Crippen molar-refractivity contribution in [2.75, 3.05) is 6.54 Å². The first-order valence-corrected chi connectivity index (χ1v) is 5.43. The molecule has 4 nitrogen and oxygen atoms in total. The van der Waals surface area contributed by atoms with Gasteiger partial charge in [0, 0.05) is 30.9 Å². The molecule has 0 atom stereocenters. The summed E-state index contributed by atoms with van der Waals surface area (Å²) in [4.78, 5) is 15.6. The van der Waals surface area contributed by atoms with E-state index in [0.29, 0.717) is 19.4 Å². The van der Waals surface area contributed by atoms with Crippen LogP contribution >= 0.6 is 0 Å². The van der Waals surface area contributed by atoms with Gasteiger partial charge in [-0.15, -0.1) is 0 Å². The van der Waals surface area contributed by atoms with Gasteiger partial charge in [-0.25, -0.2) is 0 Å². The Bertz CT molecular complexity index is 335. The molecule has 0 aliphatic carbocycles. The number of carbonyl (C=O) groups is 1. The number of aryl methyl sites for hydroxylation is 1. The summed E-state index contributed by atoms with van der Waals surface area (Å²) in [6, 6.07) is 3.84. The molecular formula is C12H19N3O. The highest BCUT2D eigenvalue weighted by Crippen LogP contribution is 2.03. The molecule has 1 heterocycles. The summed E-state index contributed by atoms with van der Waals surface area (Å²) in [7, 11) is 0. The Balaban J connectivity index is 2.36. The monoisotopic (exact) mass is 221 g/mol. The van der Waals surface area contributed by atoms with Gasteiger partial charge in [0.05, 0.1) is 0 Å². The lowest BCUT2D eigenvalue weighted by Crippen LogP contribution is -2.48. The maximum atomic E-state index is 11.6. The lowest BCUT2D eigenvalue weighted by atomic mass is 10.1. The third-order valence-corrected chi connectivity index (χ3v) is 2.35. The molecule has 1 rings (SSSR count). The van der Waals surface area contributed by atoms with Crippen molar-refractivity contribution in [3.63, 3.8) is 0 Å². The van der Waals surface area contributed by atoms with Gasteiger partial charge in [-0.3, -0.25) is 9.78 Å². The van der Waals surface area contributed by atoms with Gasteiger partial charge in [0.2, 0.25) is 5.91 Å². The van der Waals surface area contributed by atoms with Crippen LogP contribution in [0.5, 0.6) is 0 Å². The molecule has 88 valence electrons. The van der Waals surface area contributed by atoms with Crippen molar-refractivity contribution in [2.24, 2.45) is 5.73 Å². The summed E-state index contributed by atoms with van der Waals surface area (Å²) in [6.07, 6.45) is 4.68. The average Bonchev–Trinajstić information content (AvgIpc) is 2.27. The Morgan fingerprint density at radius 2 is 2.31 bits per heavy atom. The maximum Gasteiger partial charge on any atom is 0.220 e. The summed E-state index contributed by atoms with van der Waals surface area (Å²) in [6.45, 7) is 4.26. The quantitative estimate of drug-likeness (QED) is 0.775. The number of amides is 1. The highest BCUT2D eigenvalue weighted by atomic mass is 16.1. The van der Waals surface area contributed by atoms with Gasteiger partial charge in [0.25, 0.3) is 0 Å². The van der Waals surface area contributed by atoms with Crippen molar-refractivity contribution in [1.29, 1.82) is 0 Å². The summed E-state index contributed by atoms with van der Waals surface area (Å²) in [5.41, 5.74) is 6.28. The van der Waals surface area contributed by atoms with Crippen LogP contribution in [0.3, 0.4) is 0 Å². The normalized spacial score (nSPS) is 11.2. The minimum Gasteiger partial charge on any atom is -0.350 e. The number of nitrogens with one attached hydrogen (secondary N) is 1. The van der Waals surface area contributed by atoms with Crippen LogP contribution < -0.4 is 11.1 Å². The lowest BCUT2D eigenvalue weighted by Gasteiger charge is -2.24. The Kier molecular flexibility index (Phi) is 4.43. The number of nitrogens with two attached hydrogens (primary N) is 1. The second kappa shape index (κ2) is 5.61. The number of carbonyl (C=O) groups excluding carboxylic acids is 1. The third kappa shape index (κ3) is 4.40. The molecule has 4 heteroatoms. The van der Waals surface area contributed by atoms with E-state index < -0.39 is 0 Å². The molecule has 0 unspecified atom stereocenters. The largest absolute Gasteiger partial charge is 0.350 e. The first kappa shape index (κ1) is 12.6. The highest BCUT2D eigenvalue weighted by Gasteiger charge is 2.17. The van der Waals surface area contributed by atoms with Gasteiger partial charge >= 0.3 is 0 Å². The van der Waals surface area contributed by atoms with Crippen LogP contribution in [-0.4, -0.2) is 23.0 Å². The molecule has 1 amide bonds. The topological polar surface area (TPSA) is 68.0 Å². The van der Waals surface area contributed by atoms with Crippen molar-refractivity contribution in [2.45, 2.75) is 32.2 Å². The number of hydrogen-bond donors (Lipinski definition) is 2. The molecule has 0 aliphatic rings. The molecule has 0 aliphatic heterocycles. The fourth-order valence-corrected chi connectivity index (χ4v) is 1.29. The molecule has 1 aromatic heterocycles. The average molecular weight is 221 g/mol. The molecular weight excluding hydrogens is 202 g/mol. The fraction of sp³-hybridized carbons (Fsp3) is 0.500. The van der Waals surface area contributed by atoms with E-state index in [1.807, 2.05) is 26.0 Å². The molecule has 0 spiro atoms. The molecule has 0 aromatic carbocycles. The summed E-state index contributed by atoms with van der Waals surface area (Å²) < 4.78 is 0. The van der Waals surface area contributed by atoms with Crippen molar-refractivity contribution in [3.8, 4) is 0 Å².